The minimum atomic E-state index is -1.38. The van der Waals surface area contributed by atoms with E-state index in [-0.39, 0.29) is 11.5 Å². The van der Waals surface area contributed by atoms with Crippen LogP contribution in [0.15, 0.2) is 24.3 Å². The Morgan fingerprint density at radius 3 is 2.18 bits per heavy atom. The Kier molecular flexibility index (Phi) is 2.75. The van der Waals surface area contributed by atoms with E-state index in [0.29, 0.717) is 12.8 Å². The van der Waals surface area contributed by atoms with Crippen molar-refractivity contribution in [3.63, 3.8) is 0 Å². The van der Waals surface area contributed by atoms with Gasteiger partial charge in [0.1, 0.15) is 11.5 Å². The lowest BCUT2D eigenvalue weighted by Gasteiger charge is -2.34. The monoisotopic (exact) mass is 236 g/mol. The van der Waals surface area contributed by atoms with Crippen molar-refractivity contribution in [2.24, 2.45) is 5.41 Å². The summed E-state index contributed by atoms with van der Waals surface area (Å²) in [7, 11) is 0. The van der Waals surface area contributed by atoms with Crippen molar-refractivity contribution in [3.8, 4) is 11.5 Å². The van der Waals surface area contributed by atoms with Gasteiger partial charge in [0, 0.05) is 0 Å². The molecule has 0 aliphatic heterocycles. The molecule has 0 spiro atoms. The summed E-state index contributed by atoms with van der Waals surface area (Å²) in [5.74, 6) is -1.57. The number of aromatic hydroxyl groups is 1. The lowest BCUT2D eigenvalue weighted by molar-refractivity contribution is -0.169. The van der Waals surface area contributed by atoms with Crippen LogP contribution in [0.2, 0.25) is 0 Å². The van der Waals surface area contributed by atoms with Crippen LogP contribution in [0.25, 0.3) is 0 Å². The average Bonchev–Trinajstić information content (AvgIpc) is 2.19. The highest BCUT2D eigenvalue weighted by molar-refractivity contribution is 6.00. The van der Waals surface area contributed by atoms with Gasteiger partial charge in [0.05, 0.1) is 0 Å². The van der Waals surface area contributed by atoms with Crippen LogP contribution in [0.4, 0.5) is 0 Å². The lowest BCUT2D eigenvalue weighted by atomic mass is 9.69. The summed E-state index contributed by atoms with van der Waals surface area (Å²) < 4.78 is 5.01. The first-order valence-electron chi connectivity index (χ1n) is 5.29. The maximum Gasteiger partial charge on any atom is 0.328 e. The first kappa shape index (κ1) is 11.4. The van der Waals surface area contributed by atoms with Gasteiger partial charge in [-0.25, -0.2) is 0 Å². The van der Waals surface area contributed by atoms with Gasteiger partial charge in [-0.05, 0) is 43.5 Å². The largest absolute Gasteiger partial charge is 0.508 e. The van der Waals surface area contributed by atoms with Gasteiger partial charge in [0.15, 0.2) is 5.41 Å². The van der Waals surface area contributed by atoms with Crippen molar-refractivity contribution in [1.29, 1.82) is 0 Å². The predicted molar refractivity (Wildman–Crippen MR) is 57.7 cm³/mol. The van der Waals surface area contributed by atoms with E-state index >= 15 is 0 Å². The van der Waals surface area contributed by atoms with Crippen LogP contribution in [-0.2, 0) is 9.59 Å². The fraction of sp³-hybridized carbons (Fsp3) is 0.333. The van der Waals surface area contributed by atoms with Crippen LogP contribution in [0.5, 0.6) is 11.5 Å². The number of carboxylic acids is 1. The summed E-state index contributed by atoms with van der Waals surface area (Å²) in [4.78, 5) is 22.8. The number of carboxylic acid groups (broad SMARTS) is 1. The first-order valence-corrected chi connectivity index (χ1v) is 5.29. The second kappa shape index (κ2) is 4.08. The lowest BCUT2D eigenvalue weighted by Crippen LogP contribution is -2.47. The van der Waals surface area contributed by atoms with Gasteiger partial charge >= 0.3 is 11.9 Å². The Morgan fingerprint density at radius 2 is 1.76 bits per heavy atom. The maximum atomic E-state index is 11.8. The number of hydrogen-bond acceptors (Lipinski definition) is 4. The first-order chi connectivity index (χ1) is 8.04. The fourth-order valence-electron chi connectivity index (χ4n) is 1.75. The average molecular weight is 236 g/mol. The smallest absolute Gasteiger partial charge is 0.328 e. The van der Waals surface area contributed by atoms with Gasteiger partial charge in [-0.1, -0.05) is 0 Å². The number of ether oxygens (including phenoxy) is 1. The van der Waals surface area contributed by atoms with Gasteiger partial charge in [-0.15, -0.1) is 0 Å². The number of carbonyl (C=O) groups is 2. The van der Waals surface area contributed by atoms with Crippen molar-refractivity contribution in [2.75, 3.05) is 0 Å². The van der Waals surface area contributed by atoms with Gasteiger partial charge < -0.3 is 14.9 Å². The summed E-state index contributed by atoms with van der Waals surface area (Å²) in [5.41, 5.74) is -1.38. The Bertz CT molecular complexity index is 444. The van der Waals surface area contributed by atoms with Crippen LogP contribution in [-0.4, -0.2) is 22.2 Å². The molecule has 17 heavy (non-hydrogen) atoms. The van der Waals surface area contributed by atoms with E-state index < -0.39 is 17.4 Å². The molecular formula is C12H12O5. The number of carbonyl (C=O) groups excluding carboxylic acids is 1. The summed E-state index contributed by atoms with van der Waals surface area (Å²) in [5, 5.41) is 18.1. The zero-order valence-corrected chi connectivity index (χ0v) is 9.05. The molecule has 5 heteroatoms. The number of hydrogen-bond donors (Lipinski definition) is 2. The third-order valence-corrected chi connectivity index (χ3v) is 3.05. The molecule has 0 radical (unpaired) electrons. The van der Waals surface area contributed by atoms with Crippen LogP contribution in [0, 0.1) is 5.41 Å². The van der Waals surface area contributed by atoms with Crippen molar-refractivity contribution in [2.45, 2.75) is 19.3 Å². The molecule has 0 heterocycles. The molecule has 0 saturated heterocycles. The van der Waals surface area contributed by atoms with Crippen molar-refractivity contribution < 1.29 is 24.5 Å². The van der Waals surface area contributed by atoms with E-state index in [1.807, 2.05) is 0 Å². The standard InChI is InChI=1S/C12H12O5/c13-8-2-4-9(5-3-8)17-11(16)12(10(14)15)6-1-7-12/h2-5,13H,1,6-7H2,(H,14,15). The molecular weight excluding hydrogens is 224 g/mol. The van der Waals surface area contributed by atoms with E-state index in [4.69, 9.17) is 14.9 Å². The third-order valence-electron chi connectivity index (χ3n) is 3.05. The molecule has 1 saturated carbocycles. The number of aliphatic carboxylic acids is 1. The quantitative estimate of drug-likeness (QED) is 0.472. The molecule has 0 aromatic heterocycles. The fourth-order valence-corrected chi connectivity index (χ4v) is 1.75. The molecule has 1 fully saturated rings. The zero-order valence-electron chi connectivity index (χ0n) is 9.05. The van der Waals surface area contributed by atoms with E-state index in [1.165, 1.54) is 24.3 Å². The summed E-state index contributed by atoms with van der Waals surface area (Å²) in [6, 6.07) is 5.58. The molecule has 1 aliphatic rings. The molecule has 2 rings (SSSR count). The van der Waals surface area contributed by atoms with Crippen molar-refractivity contribution >= 4 is 11.9 Å². The minimum Gasteiger partial charge on any atom is -0.508 e. The van der Waals surface area contributed by atoms with E-state index in [0.717, 1.165) is 6.42 Å². The normalized spacial score (nSPS) is 16.9. The maximum absolute atomic E-state index is 11.8. The Hall–Kier alpha value is -2.04. The SMILES string of the molecule is O=C(O)C1(C(=O)Oc2ccc(O)cc2)CCC1. The van der Waals surface area contributed by atoms with Gasteiger partial charge in [0.25, 0.3) is 0 Å². The zero-order chi connectivity index (χ0) is 12.5. The third kappa shape index (κ3) is 1.95. The molecule has 2 N–H and O–H groups in total. The summed E-state index contributed by atoms with van der Waals surface area (Å²) in [6.45, 7) is 0. The number of esters is 1. The molecule has 0 bridgehead atoms. The van der Waals surface area contributed by atoms with Gasteiger partial charge in [-0.2, -0.15) is 0 Å². The second-order valence-corrected chi connectivity index (χ2v) is 4.12. The number of rotatable bonds is 3. The molecule has 5 nitrogen and oxygen atoms in total. The topological polar surface area (TPSA) is 83.8 Å². The minimum absolute atomic E-state index is 0.0568. The van der Waals surface area contributed by atoms with Crippen LogP contribution >= 0.6 is 0 Å². The van der Waals surface area contributed by atoms with Crippen molar-refractivity contribution in [3.05, 3.63) is 24.3 Å². The predicted octanol–water partition coefficient (Wildman–Crippen LogP) is 1.55. The highest BCUT2D eigenvalue weighted by Crippen LogP contribution is 2.42. The highest BCUT2D eigenvalue weighted by atomic mass is 16.5. The van der Waals surface area contributed by atoms with Crippen LogP contribution in [0.1, 0.15) is 19.3 Å². The Labute approximate surface area is 97.6 Å². The number of phenols is 1. The molecule has 1 aliphatic carbocycles. The van der Waals surface area contributed by atoms with Crippen LogP contribution in [0.3, 0.4) is 0 Å². The number of benzene rings is 1. The van der Waals surface area contributed by atoms with Gasteiger partial charge in [-0.3, -0.25) is 9.59 Å². The Morgan fingerprint density at radius 1 is 1.18 bits per heavy atom. The molecule has 90 valence electrons. The Balaban J connectivity index is 2.11. The van der Waals surface area contributed by atoms with E-state index in [9.17, 15) is 9.59 Å². The number of phenolic OH excluding ortho intramolecular Hbond substituents is 1. The van der Waals surface area contributed by atoms with Crippen molar-refractivity contribution in [1.82, 2.24) is 0 Å². The van der Waals surface area contributed by atoms with E-state index in [2.05, 4.69) is 0 Å². The molecule has 0 amide bonds. The molecule has 1 aromatic carbocycles. The second-order valence-electron chi connectivity index (χ2n) is 4.12. The molecule has 0 atom stereocenters. The van der Waals surface area contributed by atoms with Gasteiger partial charge in [0.2, 0.25) is 0 Å². The summed E-state index contributed by atoms with van der Waals surface area (Å²) >= 11 is 0. The van der Waals surface area contributed by atoms with E-state index in [1.54, 1.807) is 0 Å². The molecule has 1 aromatic rings. The summed E-state index contributed by atoms with van der Waals surface area (Å²) in [6.07, 6.45) is 1.36. The molecule has 0 unspecified atom stereocenters. The highest BCUT2D eigenvalue weighted by Gasteiger charge is 2.52. The van der Waals surface area contributed by atoms with Crippen LogP contribution < -0.4 is 4.74 Å².